The predicted octanol–water partition coefficient (Wildman–Crippen LogP) is 4.32. The van der Waals surface area contributed by atoms with Gasteiger partial charge in [-0.25, -0.2) is 14.1 Å². The van der Waals surface area contributed by atoms with Crippen LogP contribution in [0, 0.1) is 5.82 Å². The minimum absolute atomic E-state index is 0.135. The maximum Gasteiger partial charge on any atom is 0.157 e. The van der Waals surface area contributed by atoms with Crippen LogP contribution in [0.2, 0.25) is 0 Å². The van der Waals surface area contributed by atoms with Gasteiger partial charge < -0.3 is 5.32 Å². The van der Waals surface area contributed by atoms with Gasteiger partial charge in [-0.2, -0.15) is 5.10 Å². The lowest BCUT2D eigenvalue weighted by Crippen LogP contribution is -2.14. The van der Waals surface area contributed by atoms with Gasteiger partial charge in [0.1, 0.15) is 5.82 Å². The fourth-order valence-corrected chi connectivity index (χ4v) is 3.20. The zero-order chi connectivity index (χ0) is 17.4. The van der Waals surface area contributed by atoms with Crippen molar-refractivity contribution >= 4 is 11.0 Å². The zero-order valence-electron chi connectivity index (χ0n) is 14.7. The molecule has 0 unspecified atom stereocenters. The van der Waals surface area contributed by atoms with Crippen molar-refractivity contribution in [3.63, 3.8) is 0 Å². The van der Waals surface area contributed by atoms with Gasteiger partial charge in [-0.3, -0.25) is 0 Å². The highest BCUT2D eigenvalue weighted by atomic mass is 19.1. The number of hydrogen-bond acceptors (Lipinski definition) is 3. The van der Waals surface area contributed by atoms with E-state index in [9.17, 15) is 4.39 Å². The smallest absolute Gasteiger partial charge is 0.157 e. The number of pyridine rings is 1. The Bertz CT molecular complexity index is 896. The summed E-state index contributed by atoms with van der Waals surface area (Å²) in [5.41, 5.74) is 3.99. The second kappa shape index (κ2) is 6.56. The molecule has 2 heterocycles. The largest absolute Gasteiger partial charge is 0.308 e. The number of rotatable bonds is 6. The van der Waals surface area contributed by atoms with Crippen molar-refractivity contribution in [1.29, 1.82) is 0 Å². The number of nitrogens with zero attached hydrogens (tertiary/aromatic N) is 3. The van der Waals surface area contributed by atoms with E-state index in [1.54, 1.807) is 6.07 Å². The van der Waals surface area contributed by atoms with Gasteiger partial charge in [0, 0.05) is 36.3 Å². The molecule has 0 amide bonds. The standard InChI is InChI=1S/C20H23FN4/c1-13(2)25-20-18(12-24-25)7-14(10-23-20)9-22-11-17-8-16(15-3-4-15)5-6-19(17)21/h5-8,10,12-13,15,22H,3-4,9,11H2,1-2H3. The molecular weight excluding hydrogens is 315 g/mol. The Hall–Kier alpha value is -2.27. The first-order valence-electron chi connectivity index (χ1n) is 8.93. The van der Waals surface area contributed by atoms with Gasteiger partial charge in [-0.15, -0.1) is 0 Å². The van der Waals surface area contributed by atoms with Gasteiger partial charge in [0.2, 0.25) is 0 Å². The van der Waals surface area contributed by atoms with E-state index in [0.29, 0.717) is 19.0 Å². The highest BCUT2D eigenvalue weighted by Gasteiger charge is 2.24. The number of fused-ring (bicyclic) bond motifs is 1. The van der Waals surface area contributed by atoms with E-state index in [-0.39, 0.29) is 11.9 Å². The number of nitrogens with one attached hydrogen (secondary N) is 1. The summed E-state index contributed by atoms with van der Waals surface area (Å²) in [4.78, 5) is 4.54. The summed E-state index contributed by atoms with van der Waals surface area (Å²) in [5.74, 6) is 0.507. The van der Waals surface area contributed by atoms with Crippen LogP contribution in [-0.4, -0.2) is 14.8 Å². The third-order valence-electron chi connectivity index (χ3n) is 4.74. The minimum atomic E-state index is -0.135. The lowest BCUT2D eigenvalue weighted by atomic mass is 10.1. The first-order chi connectivity index (χ1) is 12.1. The Kier molecular flexibility index (Phi) is 4.25. The molecule has 0 atom stereocenters. The maximum atomic E-state index is 14.0. The summed E-state index contributed by atoms with van der Waals surface area (Å²) < 4.78 is 15.9. The van der Waals surface area contributed by atoms with Gasteiger partial charge in [-0.05, 0) is 55.9 Å². The van der Waals surface area contributed by atoms with Crippen LogP contribution >= 0.6 is 0 Å². The molecule has 2 aromatic heterocycles. The van der Waals surface area contributed by atoms with Crippen molar-refractivity contribution in [1.82, 2.24) is 20.1 Å². The Balaban J connectivity index is 1.43. The monoisotopic (exact) mass is 338 g/mol. The number of aromatic nitrogens is 3. The van der Waals surface area contributed by atoms with Crippen LogP contribution in [-0.2, 0) is 13.1 Å². The third kappa shape index (κ3) is 3.42. The second-order valence-corrected chi connectivity index (χ2v) is 7.17. The van der Waals surface area contributed by atoms with Crippen molar-refractivity contribution in [2.24, 2.45) is 0 Å². The predicted molar refractivity (Wildman–Crippen MR) is 96.8 cm³/mol. The van der Waals surface area contributed by atoms with Crippen molar-refractivity contribution in [2.45, 2.75) is 51.7 Å². The molecule has 25 heavy (non-hydrogen) atoms. The maximum absolute atomic E-state index is 14.0. The van der Waals surface area contributed by atoms with Crippen LogP contribution in [0.4, 0.5) is 4.39 Å². The van der Waals surface area contributed by atoms with Crippen molar-refractivity contribution in [2.75, 3.05) is 0 Å². The van der Waals surface area contributed by atoms with Gasteiger partial charge in [0.25, 0.3) is 0 Å². The molecule has 0 aliphatic heterocycles. The number of benzene rings is 1. The normalized spacial score (nSPS) is 14.6. The van der Waals surface area contributed by atoms with E-state index in [2.05, 4.69) is 35.3 Å². The average molecular weight is 338 g/mol. The molecule has 1 aliphatic rings. The summed E-state index contributed by atoms with van der Waals surface area (Å²) >= 11 is 0. The van der Waals surface area contributed by atoms with Crippen molar-refractivity contribution in [3.8, 4) is 0 Å². The van der Waals surface area contributed by atoms with Crippen LogP contribution in [0.5, 0.6) is 0 Å². The van der Waals surface area contributed by atoms with Gasteiger partial charge in [-0.1, -0.05) is 12.1 Å². The van der Waals surface area contributed by atoms with Crippen LogP contribution in [0.25, 0.3) is 11.0 Å². The highest BCUT2D eigenvalue weighted by Crippen LogP contribution is 2.40. The van der Waals surface area contributed by atoms with E-state index in [0.717, 1.165) is 22.2 Å². The van der Waals surface area contributed by atoms with Crippen molar-refractivity contribution < 1.29 is 4.39 Å². The van der Waals surface area contributed by atoms with Gasteiger partial charge in [0.05, 0.1) is 6.20 Å². The molecule has 1 N–H and O–H groups in total. The van der Waals surface area contributed by atoms with E-state index >= 15 is 0 Å². The second-order valence-electron chi connectivity index (χ2n) is 7.17. The molecule has 1 aliphatic carbocycles. The molecule has 1 saturated carbocycles. The molecule has 130 valence electrons. The quantitative estimate of drug-likeness (QED) is 0.728. The highest BCUT2D eigenvalue weighted by molar-refractivity contribution is 5.75. The number of halogens is 1. The molecule has 0 radical (unpaired) electrons. The Morgan fingerprint density at radius 1 is 1.20 bits per heavy atom. The Labute approximate surface area is 147 Å². The Morgan fingerprint density at radius 3 is 2.80 bits per heavy atom. The van der Waals surface area contributed by atoms with E-state index in [4.69, 9.17) is 0 Å². The molecule has 4 rings (SSSR count). The molecule has 4 nitrogen and oxygen atoms in total. The molecular formula is C20H23FN4. The van der Waals surface area contributed by atoms with Gasteiger partial charge in [0.15, 0.2) is 5.65 Å². The fourth-order valence-electron chi connectivity index (χ4n) is 3.20. The van der Waals surface area contributed by atoms with Crippen LogP contribution in [0.1, 0.15) is 55.3 Å². The molecule has 1 fully saturated rings. The molecule has 0 bridgehead atoms. The van der Waals surface area contributed by atoms with Gasteiger partial charge >= 0.3 is 0 Å². The third-order valence-corrected chi connectivity index (χ3v) is 4.74. The SMILES string of the molecule is CC(C)n1ncc2cc(CNCc3cc(C4CC4)ccc3F)cnc21. The topological polar surface area (TPSA) is 42.7 Å². The lowest BCUT2D eigenvalue weighted by molar-refractivity contribution is 0.546. The fraction of sp³-hybridized carbons (Fsp3) is 0.400. The summed E-state index contributed by atoms with van der Waals surface area (Å²) in [6.07, 6.45) is 6.18. The Morgan fingerprint density at radius 2 is 2.04 bits per heavy atom. The first-order valence-corrected chi connectivity index (χ1v) is 8.93. The number of hydrogen-bond donors (Lipinski definition) is 1. The average Bonchev–Trinajstić information content (AvgIpc) is 3.35. The molecule has 5 heteroatoms. The summed E-state index contributed by atoms with van der Waals surface area (Å²) in [6, 6.07) is 7.90. The molecule has 0 spiro atoms. The molecule has 0 saturated heterocycles. The summed E-state index contributed by atoms with van der Waals surface area (Å²) in [7, 11) is 0. The van der Waals surface area contributed by atoms with E-state index in [1.807, 2.05) is 29.2 Å². The summed E-state index contributed by atoms with van der Waals surface area (Å²) in [5, 5.41) is 8.76. The minimum Gasteiger partial charge on any atom is -0.308 e. The first kappa shape index (κ1) is 16.2. The molecule has 1 aromatic carbocycles. The van der Waals surface area contributed by atoms with E-state index < -0.39 is 0 Å². The van der Waals surface area contributed by atoms with Crippen LogP contribution in [0.15, 0.2) is 36.7 Å². The summed E-state index contributed by atoms with van der Waals surface area (Å²) in [6.45, 7) is 5.36. The van der Waals surface area contributed by atoms with Crippen LogP contribution < -0.4 is 5.32 Å². The van der Waals surface area contributed by atoms with Crippen molar-refractivity contribution in [3.05, 3.63) is 59.2 Å². The lowest BCUT2D eigenvalue weighted by Gasteiger charge is -2.09. The zero-order valence-corrected chi connectivity index (χ0v) is 14.7. The van der Waals surface area contributed by atoms with E-state index in [1.165, 1.54) is 18.4 Å². The molecule has 3 aromatic rings. The van der Waals surface area contributed by atoms with Crippen LogP contribution in [0.3, 0.4) is 0 Å².